The maximum atomic E-state index is 12.2. The average Bonchev–Trinajstić information content (AvgIpc) is 2.48. The topological polar surface area (TPSA) is 70.0 Å². The van der Waals surface area contributed by atoms with Gasteiger partial charge in [-0.2, -0.15) is 5.26 Å². The van der Waals surface area contributed by atoms with Gasteiger partial charge in [-0.3, -0.25) is 0 Å². The first-order valence-electron chi connectivity index (χ1n) is 7.55. The summed E-state index contributed by atoms with van der Waals surface area (Å²) in [6, 6.07) is 10.5. The van der Waals surface area contributed by atoms with Gasteiger partial charge in [-0.25, -0.2) is 13.1 Å². The minimum absolute atomic E-state index is 0.402. The number of unbranched alkanes of at least 4 members (excludes halogenated alkanes) is 5. The number of nitrogens with zero attached hydrogens (tertiary/aromatic N) is 1. The van der Waals surface area contributed by atoms with Gasteiger partial charge in [0.15, 0.2) is 5.25 Å². The highest BCUT2D eigenvalue weighted by Gasteiger charge is 2.26. The molecular weight excluding hydrogens is 284 g/mol. The second-order valence-electron chi connectivity index (χ2n) is 5.13. The van der Waals surface area contributed by atoms with E-state index in [4.69, 9.17) is 5.26 Å². The van der Waals surface area contributed by atoms with Gasteiger partial charge in [0, 0.05) is 6.54 Å². The van der Waals surface area contributed by atoms with Gasteiger partial charge < -0.3 is 0 Å². The molecule has 0 aliphatic heterocycles. The first kappa shape index (κ1) is 17.7. The lowest BCUT2D eigenvalue weighted by atomic mass is 10.1. The molecule has 1 N–H and O–H groups in total. The predicted octanol–water partition coefficient (Wildman–Crippen LogP) is 3.53. The fourth-order valence-corrected chi connectivity index (χ4v) is 3.40. The van der Waals surface area contributed by atoms with Crippen LogP contribution in [0.5, 0.6) is 0 Å². The van der Waals surface area contributed by atoms with Crippen molar-refractivity contribution in [3.05, 3.63) is 35.9 Å². The molecular formula is C16H24N2O2S. The zero-order chi connectivity index (χ0) is 15.6. The molecule has 0 aromatic heterocycles. The number of sulfonamides is 1. The van der Waals surface area contributed by atoms with Gasteiger partial charge >= 0.3 is 0 Å². The first-order chi connectivity index (χ1) is 10.1. The SMILES string of the molecule is CCCCCCCCNS(=O)(=O)C(C#N)c1ccccc1. The molecule has 0 fully saturated rings. The lowest BCUT2D eigenvalue weighted by Crippen LogP contribution is -2.29. The molecule has 1 atom stereocenters. The van der Waals surface area contributed by atoms with Gasteiger partial charge in [-0.05, 0) is 12.0 Å². The quantitative estimate of drug-likeness (QED) is 0.672. The number of hydrogen-bond acceptors (Lipinski definition) is 3. The van der Waals surface area contributed by atoms with E-state index in [1.54, 1.807) is 30.3 Å². The lowest BCUT2D eigenvalue weighted by molar-refractivity contribution is 0.563. The highest BCUT2D eigenvalue weighted by molar-refractivity contribution is 7.90. The van der Waals surface area contributed by atoms with E-state index >= 15 is 0 Å². The fourth-order valence-electron chi connectivity index (χ4n) is 2.15. The summed E-state index contributed by atoms with van der Waals surface area (Å²) in [5.74, 6) is 0. The smallest absolute Gasteiger partial charge is 0.214 e. The summed E-state index contributed by atoms with van der Waals surface area (Å²) in [5.41, 5.74) is 0.510. The highest BCUT2D eigenvalue weighted by Crippen LogP contribution is 2.20. The van der Waals surface area contributed by atoms with Crippen LogP contribution in [0.2, 0.25) is 0 Å². The van der Waals surface area contributed by atoms with Crippen molar-refractivity contribution in [3.8, 4) is 6.07 Å². The summed E-state index contributed by atoms with van der Waals surface area (Å²) in [4.78, 5) is 0. The Bertz CT molecular complexity index is 535. The summed E-state index contributed by atoms with van der Waals surface area (Å²) < 4.78 is 26.9. The van der Waals surface area contributed by atoms with E-state index < -0.39 is 15.3 Å². The third kappa shape index (κ3) is 6.28. The molecule has 1 aromatic carbocycles. The third-order valence-electron chi connectivity index (χ3n) is 3.36. The summed E-state index contributed by atoms with van der Waals surface area (Å²) in [7, 11) is -3.63. The van der Waals surface area contributed by atoms with Crippen LogP contribution in [-0.4, -0.2) is 15.0 Å². The normalized spacial score (nSPS) is 12.8. The zero-order valence-corrected chi connectivity index (χ0v) is 13.4. The Morgan fingerprint density at radius 1 is 1.10 bits per heavy atom. The molecule has 0 spiro atoms. The average molecular weight is 308 g/mol. The maximum Gasteiger partial charge on any atom is 0.232 e. The van der Waals surface area contributed by atoms with E-state index in [-0.39, 0.29) is 0 Å². The van der Waals surface area contributed by atoms with E-state index in [0.29, 0.717) is 12.1 Å². The Balaban J connectivity index is 2.44. The Kier molecular flexibility index (Phi) is 8.03. The summed E-state index contributed by atoms with van der Waals surface area (Å²) in [5, 5.41) is 8.01. The van der Waals surface area contributed by atoms with Crippen molar-refractivity contribution in [1.82, 2.24) is 4.72 Å². The predicted molar refractivity (Wildman–Crippen MR) is 85.1 cm³/mol. The molecule has 116 valence electrons. The van der Waals surface area contributed by atoms with E-state index in [1.807, 2.05) is 6.07 Å². The summed E-state index contributed by atoms with van der Waals surface area (Å²) in [6.07, 6.45) is 6.61. The molecule has 1 rings (SSSR count). The molecule has 0 amide bonds. The van der Waals surface area contributed by atoms with Gasteiger partial charge in [0.1, 0.15) is 0 Å². The second-order valence-corrected chi connectivity index (χ2v) is 6.98. The Labute approximate surface area is 128 Å². The van der Waals surface area contributed by atoms with Crippen LogP contribution in [0.1, 0.15) is 56.3 Å². The summed E-state index contributed by atoms with van der Waals surface area (Å²) >= 11 is 0. The van der Waals surface area contributed by atoms with Gasteiger partial charge in [0.2, 0.25) is 10.0 Å². The van der Waals surface area contributed by atoms with Crippen molar-refractivity contribution < 1.29 is 8.42 Å². The van der Waals surface area contributed by atoms with E-state index in [0.717, 1.165) is 19.3 Å². The Morgan fingerprint density at radius 3 is 2.33 bits per heavy atom. The zero-order valence-electron chi connectivity index (χ0n) is 12.6. The molecule has 0 heterocycles. The maximum absolute atomic E-state index is 12.2. The molecule has 1 aromatic rings. The monoisotopic (exact) mass is 308 g/mol. The van der Waals surface area contributed by atoms with Crippen molar-refractivity contribution in [1.29, 1.82) is 5.26 Å². The van der Waals surface area contributed by atoms with E-state index in [9.17, 15) is 8.42 Å². The van der Waals surface area contributed by atoms with Crippen molar-refractivity contribution >= 4 is 10.0 Å². The van der Waals surface area contributed by atoms with Crippen LogP contribution < -0.4 is 4.72 Å². The highest BCUT2D eigenvalue weighted by atomic mass is 32.2. The van der Waals surface area contributed by atoms with Gasteiger partial charge in [-0.1, -0.05) is 69.4 Å². The number of nitriles is 1. The van der Waals surface area contributed by atoms with Crippen LogP contribution in [-0.2, 0) is 10.0 Å². The molecule has 4 nitrogen and oxygen atoms in total. The van der Waals surface area contributed by atoms with Gasteiger partial charge in [0.25, 0.3) is 0 Å². The summed E-state index contributed by atoms with van der Waals surface area (Å²) in [6.45, 7) is 2.57. The number of hydrogen-bond donors (Lipinski definition) is 1. The molecule has 0 aliphatic rings. The number of nitrogens with one attached hydrogen (secondary N) is 1. The minimum Gasteiger partial charge on any atom is -0.214 e. The molecule has 0 aliphatic carbocycles. The molecule has 21 heavy (non-hydrogen) atoms. The molecule has 0 saturated heterocycles. The van der Waals surface area contributed by atoms with Crippen LogP contribution in [0.3, 0.4) is 0 Å². The molecule has 0 saturated carbocycles. The largest absolute Gasteiger partial charge is 0.232 e. The molecule has 1 unspecified atom stereocenters. The van der Waals surface area contributed by atoms with Crippen LogP contribution in [0.15, 0.2) is 30.3 Å². The van der Waals surface area contributed by atoms with Gasteiger partial charge in [-0.15, -0.1) is 0 Å². The number of benzene rings is 1. The number of rotatable bonds is 10. The fraction of sp³-hybridized carbons (Fsp3) is 0.562. The van der Waals surface area contributed by atoms with Crippen molar-refractivity contribution in [2.75, 3.05) is 6.54 Å². The minimum atomic E-state index is -3.63. The van der Waals surface area contributed by atoms with Gasteiger partial charge in [0.05, 0.1) is 6.07 Å². The first-order valence-corrected chi connectivity index (χ1v) is 9.09. The lowest BCUT2D eigenvalue weighted by Gasteiger charge is -2.12. The van der Waals surface area contributed by atoms with Crippen molar-refractivity contribution in [3.63, 3.8) is 0 Å². The molecule has 5 heteroatoms. The van der Waals surface area contributed by atoms with Crippen LogP contribution >= 0.6 is 0 Å². The van der Waals surface area contributed by atoms with E-state index in [1.165, 1.54) is 19.3 Å². The molecule has 0 radical (unpaired) electrons. The third-order valence-corrected chi connectivity index (χ3v) is 4.97. The van der Waals surface area contributed by atoms with Crippen LogP contribution in [0.25, 0.3) is 0 Å². The second kappa shape index (κ2) is 9.54. The van der Waals surface area contributed by atoms with Crippen molar-refractivity contribution in [2.24, 2.45) is 0 Å². The van der Waals surface area contributed by atoms with E-state index in [2.05, 4.69) is 11.6 Å². The van der Waals surface area contributed by atoms with Crippen molar-refractivity contribution in [2.45, 2.75) is 50.7 Å². The van der Waals surface area contributed by atoms with Crippen LogP contribution in [0, 0.1) is 11.3 Å². The molecule has 0 bridgehead atoms. The standard InChI is InChI=1S/C16H24N2O2S/c1-2-3-4-5-6-10-13-18-21(19,20)16(14-17)15-11-8-7-9-12-15/h7-9,11-12,16,18H,2-6,10,13H2,1H3. The Morgan fingerprint density at radius 2 is 1.71 bits per heavy atom. The van der Waals surface area contributed by atoms with Crippen LogP contribution in [0.4, 0.5) is 0 Å². The Hall–Kier alpha value is -1.38.